The maximum absolute atomic E-state index is 5.34. The highest BCUT2D eigenvalue weighted by molar-refractivity contribution is 6.52. The molecule has 1 aliphatic rings. The van der Waals surface area contributed by atoms with Gasteiger partial charge in [-0.3, -0.25) is 0 Å². The highest BCUT2D eigenvalue weighted by atomic mass is 28.3. The van der Waals surface area contributed by atoms with E-state index < -0.39 is 9.04 Å². The van der Waals surface area contributed by atoms with Gasteiger partial charge in [-0.2, -0.15) is 0 Å². The molecule has 0 aromatic heterocycles. The van der Waals surface area contributed by atoms with Gasteiger partial charge in [-0.1, -0.05) is 25.7 Å². The maximum Gasteiger partial charge on any atom is 0.210 e. The van der Waals surface area contributed by atoms with Crippen LogP contribution in [-0.2, 0) is 4.43 Å². The van der Waals surface area contributed by atoms with E-state index in [1.165, 1.54) is 25.7 Å². The lowest BCUT2D eigenvalue weighted by Crippen LogP contribution is -2.16. The van der Waals surface area contributed by atoms with E-state index >= 15 is 0 Å². The van der Waals surface area contributed by atoms with Crippen LogP contribution < -0.4 is 0 Å². The Hall–Kier alpha value is 0.177. The van der Waals surface area contributed by atoms with Gasteiger partial charge < -0.3 is 4.43 Å². The Morgan fingerprint density at radius 2 is 1.89 bits per heavy atom. The molecule has 1 saturated carbocycles. The van der Waals surface area contributed by atoms with Gasteiger partial charge in [0.1, 0.15) is 0 Å². The molecule has 1 aliphatic carbocycles. The summed E-state index contributed by atoms with van der Waals surface area (Å²) in [6.07, 6.45) is 5.74. The first-order valence-corrected chi connectivity index (χ1v) is 5.70. The molecule has 2 heteroatoms. The molecule has 0 heterocycles. The van der Waals surface area contributed by atoms with Crippen molar-refractivity contribution in [3.05, 3.63) is 0 Å². The minimum Gasteiger partial charge on any atom is -0.420 e. The quantitative estimate of drug-likeness (QED) is 0.538. The van der Waals surface area contributed by atoms with Gasteiger partial charge in [0.25, 0.3) is 0 Å². The van der Waals surface area contributed by atoms with Crippen molar-refractivity contribution in [3.63, 3.8) is 0 Å². The molecule has 1 nitrogen and oxygen atoms in total. The molecule has 1 radical (unpaired) electrons. The van der Waals surface area contributed by atoms with Crippen molar-refractivity contribution < 1.29 is 4.43 Å². The first-order valence-electron chi connectivity index (χ1n) is 3.72. The van der Waals surface area contributed by atoms with Gasteiger partial charge >= 0.3 is 0 Å². The highest BCUT2D eigenvalue weighted by Gasteiger charge is 2.23. The van der Waals surface area contributed by atoms with Gasteiger partial charge in [-0.15, -0.1) is 0 Å². The Bertz CT molecular complexity index is 79.0. The van der Waals surface area contributed by atoms with E-state index in [2.05, 4.69) is 6.55 Å². The Labute approximate surface area is 59.1 Å². The van der Waals surface area contributed by atoms with Gasteiger partial charge in [-0.25, -0.2) is 0 Å². The van der Waals surface area contributed by atoms with Gasteiger partial charge in [0, 0.05) is 7.11 Å². The topological polar surface area (TPSA) is 9.23 Å². The summed E-state index contributed by atoms with van der Waals surface area (Å²) in [4.78, 5) is 0. The zero-order chi connectivity index (χ0) is 6.69. The van der Waals surface area contributed by atoms with Crippen molar-refractivity contribution in [2.24, 2.45) is 0 Å². The molecule has 0 saturated heterocycles. The minimum atomic E-state index is -0.407. The van der Waals surface area contributed by atoms with Crippen LogP contribution in [0.4, 0.5) is 0 Å². The molecular weight excluding hydrogens is 128 g/mol. The molecule has 1 fully saturated rings. The van der Waals surface area contributed by atoms with Crippen LogP contribution in [0, 0.1) is 0 Å². The molecule has 9 heavy (non-hydrogen) atoms. The zero-order valence-corrected chi connectivity index (χ0v) is 7.31. The summed E-state index contributed by atoms with van der Waals surface area (Å²) < 4.78 is 5.34. The van der Waals surface area contributed by atoms with Crippen molar-refractivity contribution >= 4 is 9.04 Å². The molecule has 0 amide bonds. The standard InChI is InChI=1S/C7H15OSi/c1-8-9(2)7-5-3-4-6-7/h7H,3-6H2,1-2H3. The van der Waals surface area contributed by atoms with E-state index in [1.807, 2.05) is 7.11 Å². The van der Waals surface area contributed by atoms with Crippen molar-refractivity contribution in [2.75, 3.05) is 7.11 Å². The summed E-state index contributed by atoms with van der Waals surface area (Å²) >= 11 is 0. The lowest BCUT2D eigenvalue weighted by molar-refractivity contribution is 0.411. The Morgan fingerprint density at radius 1 is 1.33 bits per heavy atom. The van der Waals surface area contributed by atoms with E-state index in [1.54, 1.807) is 0 Å². The summed E-state index contributed by atoms with van der Waals surface area (Å²) in [5.74, 6) is 0. The molecular formula is C7H15OSi. The smallest absolute Gasteiger partial charge is 0.210 e. The molecule has 0 aromatic carbocycles. The number of hydrogen-bond donors (Lipinski definition) is 0. The molecule has 0 bridgehead atoms. The fourth-order valence-corrected chi connectivity index (χ4v) is 3.05. The molecule has 0 aliphatic heterocycles. The van der Waals surface area contributed by atoms with Crippen LogP contribution >= 0.6 is 0 Å². The van der Waals surface area contributed by atoms with E-state index in [-0.39, 0.29) is 0 Å². The molecule has 1 rings (SSSR count). The zero-order valence-electron chi connectivity index (χ0n) is 6.31. The SMILES string of the molecule is CO[Si](C)C1CCCC1. The average Bonchev–Trinajstić information content (AvgIpc) is 2.37. The van der Waals surface area contributed by atoms with Crippen LogP contribution in [0.2, 0.25) is 12.1 Å². The van der Waals surface area contributed by atoms with Gasteiger partial charge in [-0.05, 0) is 12.1 Å². The molecule has 53 valence electrons. The Balaban J connectivity index is 2.24. The second-order valence-electron chi connectivity index (χ2n) is 2.80. The lowest BCUT2D eigenvalue weighted by Gasteiger charge is -2.12. The molecule has 0 unspecified atom stereocenters. The van der Waals surface area contributed by atoms with Crippen LogP contribution in [0.3, 0.4) is 0 Å². The van der Waals surface area contributed by atoms with Gasteiger partial charge in [0.05, 0.1) is 0 Å². The van der Waals surface area contributed by atoms with Crippen LogP contribution in [0.5, 0.6) is 0 Å². The first kappa shape index (κ1) is 7.29. The summed E-state index contributed by atoms with van der Waals surface area (Å²) in [6.45, 7) is 2.28. The minimum absolute atomic E-state index is 0.407. The first-order chi connectivity index (χ1) is 4.34. The average molecular weight is 143 g/mol. The Kier molecular flexibility index (Phi) is 2.73. The van der Waals surface area contributed by atoms with Gasteiger partial charge in [0.2, 0.25) is 9.04 Å². The van der Waals surface area contributed by atoms with E-state index in [9.17, 15) is 0 Å². The van der Waals surface area contributed by atoms with E-state index in [4.69, 9.17) is 4.43 Å². The van der Waals surface area contributed by atoms with E-state index in [0.29, 0.717) is 0 Å². The maximum atomic E-state index is 5.34. The fourth-order valence-electron chi connectivity index (χ4n) is 1.50. The van der Waals surface area contributed by atoms with Crippen molar-refractivity contribution in [2.45, 2.75) is 37.8 Å². The van der Waals surface area contributed by atoms with Gasteiger partial charge in [0.15, 0.2) is 0 Å². The van der Waals surface area contributed by atoms with Crippen LogP contribution in [0.1, 0.15) is 25.7 Å². The number of hydrogen-bond acceptors (Lipinski definition) is 1. The predicted octanol–water partition coefficient (Wildman–Crippen LogP) is 2.20. The predicted molar refractivity (Wildman–Crippen MR) is 40.8 cm³/mol. The van der Waals surface area contributed by atoms with Crippen LogP contribution in [0.15, 0.2) is 0 Å². The third kappa shape index (κ3) is 1.80. The Morgan fingerprint density at radius 3 is 2.33 bits per heavy atom. The van der Waals surface area contributed by atoms with Crippen molar-refractivity contribution in [3.8, 4) is 0 Å². The second-order valence-corrected chi connectivity index (χ2v) is 5.24. The third-order valence-electron chi connectivity index (χ3n) is 2.25. The lowest BCUT2D eigenvalue weighted by atomic mass is 10.4. The summed E-state index contributed by atoms with van der Waals surface area (Å²) in [5, 5.41) is 0. The summed E-state index contributed by atoms with van der Waals surface area (Å²) in [5.41, 5.74) is 0.958. The van der Waals surface area contributed by atoms with Crippen molar-refractivity contribution in [1.29, 1.82) is 0 Å². The monoisotopic (exact) mass is 143 g/mol. The number of rotatable bonds is 2. The molecule has 0 atom stereocenters. The molecule has 0 aromatic rings. The largest absolute Gasteiger partial charge is 0.420 e. The highest BCUT2D eigenvalue weighted by Crippen LogP contribution is 2.32. The summed E-state index contributed by atoms with van der Waals surface area (Å²) in [6, 6.07) is 0. The van der Waals surface area contributed by atoms with Crippen LogP contribution in [-0.4, -0.2) is 16.2 Å². The third-order valence-corrected chi connectivity index (χ3v) is 4.62. The molecule has 0 N–H and O–H groups in total. The fraction of sp³-hybridized carbons (Fsp3) is 1.00. The normalized spacial score (nSPS) is 21.7. The second kappa shape index (κ2) is 3.37. The molecule has 0 spiro atoms. The van der Waals surface area contributed by atoms with E-state index in [0.717, 1.165) is 5.54 Å². The van der Waals surface area contributed by atoms with Crippen LogP contribution in [0.25, 0.3) is 0 Å². The van der Waals surface area contributed by atoms with Crippen molar-refractivity contribution in [1.82, 2.24) is 0 Å². The summed E-state index contributed by atoms with van der Waals surface area (Å²) in [7, 11) is 1.45.